The molecule has 0 aromatic heterocycles. The summed E-state index contributed by atoms with van der Waals surface area (Å²) >= 11 is 0.435. The molecule has 0 fully saturated rings. The molecule has 0 bridgehead atoms. The molecule has 1 aromatic rings. The molecule has 3 heteroatoms. The second kappa shape index (κ2) is 3.03. The molecule has 0 heterocycles. The van der Waals surface area contributed by atoms with Crippen LogP contribution in [-0.2, 0) is 0 Å². The SMILES string of the molecule is Cc1cccc(SO)c1F. The molecule has 0 atom stereocenters. The Morgan fingerprint density at radius 2 is 2.20 bits per heavy atom. The zero-order chi connectivity index (χ0) is 7.56. The third-order valence-corrected chi connectivity index (χ3v) is 1.77. The molecule has 0 aliphatic heterocycles. The zero-order valence-corrected chi connectivity index (χ0v) is 6.28. The van der Waals surface area contributed by atoms with Crippen LogP contribution in [0, 0.1) is 12.7 Å². The van der Waals surface area contributed by atoms with Gasteiger partial charge in [-0.1, -0.05) is 12.1 Å². The average Bonchev–Trinajstić information content (AvgIpc) is 1.95. The molecule has 1 aromatic carbocycles. The van der Waals surface area contributed by atoms with E-state index in [1.54, 1.807) is 19.1 Å². The van der Waals surface area contributed by atoms with Crippen molar-refractivity contribution in [3.8, 4) is 0 Å². The van der Waals surface area contributed by atoms with Crippen molar-refractivity contribution in [2.45, 2.75) is 11.8 Å². The van der Waals surface area contributed by atoms with Crippen molar-refractivity contribution in [3.05, 3.63) is 29.6 Å². The van der Waals surface area contributed by atoms with Crippen molar-refractivity contribution in [2.24, 2.45) is 0 Å². The van der Waals surface area contributed by atoms with Crippen LogP contribution in [0.1, 0.15) is 5.56 Å². The molecule has 0 aliphatic carbocycles. The molecular formula is C7H7FOS. The van der Waals surface area contributed by atoms with E-state index >= 15 is 0 Å². The smallest absolute Gasteiger partial charge is 0.141 e. The van der Waals surface area contributed by atoms with Gasteiger partial charge in [0.15, 0.2) is 0 Å². The van der Waals surface area contributed by atoms with Crippen molar-refractivity contribution in [2.75, 3.05) is 0 Å². The van der Waals surface area contributed by atoms with Gasteiger partial charge in [-0.15, -0.1) is 0 Å². The Hall–Kier alpha value is -0.540. The maximum absolute atomic E-state index is 12.8. The summed E-state index contributed by atoms with van der Waals surface area (Å²) < 4.78 is 21.3. The zero-order valence-electron chi connectivity index (χ0n) is 5.47. The van der Waals surface area contributed by atoms with Gasteiger partial charge in [-0.3, -0.25) is 0 Å². The van der Waals surface area contributed by atoms with E-state index in [-0.39, 0.29) is 10.7 Å². The number of hydrogen-bond donors (Lipinski definition) is 1. The van der Waals surface area contributed by atoms with Crippen LogP contribution in [0.15, 0.2) is 23.1 Å². The van der Waals surface area contributed by atoms with Crippen LogP contribution >= 0.6 is 12.0 Å². The maximum atomic E-state index is 12.8. The van der Waals surface area contributed by atoms with Gasteiger partial charge in [0.1, 0.15) is 5.82 Å². The fourth-order valence-electron chi connectivity index (χ4n) is 0.691. The van der Waals surface area contributed by atoms with E-state index in [1.807, 2.05) is 0 Å². The lowest BCUT2D eigenvalue weighted by Crippen LogP contribution is -1.83. The first kappa shape index (κ1) is 7.57. The summed E-state index contributed by atoms with van der Waals surface area (Å²) in [7, 11) is 0. The molecule has 0 unspecified atom stereocenters. The summed E-state index contributed by atoms with van der Waals surface area (Å²) in [6.07, 6.45) is 0. The monoisotopic (exact) mass is 158 g/mol. The number of hydrogen-bond acceptors (Lipinski definition) is 2. The summed E-state index contributed by atoms with van der Waals surface area (Å²) in [5.74, 6) is -0.338. The third kappa shape index (κ3) is 1.30. The molecule has 0 aliphatic rings. The van der Waals surface area contributed by atoms with E-state index in [0.717, 1.165) is 0 Å². The van der Waals surface area contributed by atoms with Crippen LogP contribution in [0.25, 0.3) is 0 Å². The molecule has 54 valence electrons. The number of rotatable bonds is 1. The van der Waals surface area contributed by atoms with Gasteiger partial charge in [-0.25, -0.2) is 4.39 Å². The first-order valence-electron chi connectivity index (χ1n) is 2.82. The first-order chi connectivity index (χ1) is 4.75. The molecule has 0 saturated heterocycles. The van der Waals surface area contributed by atoms with E-state index in [4.69, 9.17) is 4.55 Å². The van der Waals surface area contributed by atoms with Crippen molar-refractivity contribution >= 4 is 12.0 Å². The Morgan fingerprint density at radius 1 is 1.50 bits per heavy atom. The minimum absolute atomic E-state index is 0.278. The molecule has 0 amide bonds. The Labute approximate surface area is 63.1 Å². The number of benzene rings is 1. The molecule has 0 saturated carbocycles. The molecule has 1 N–H and O–H groups in total. The van der Waals surface area contributed by atoms with Crippen LogP contribution in [0.4, 0.5) is 4.39 Å². The highest BCUT2D eigenvalue weighted by Crippen LogP contribution is 2.20. The highest BCUT2D eigenvalue weighted by Gasteiger charge is 2.02. The van der Waals surface area contributed by atoms with E-state index in [9.17, 15) is 4.39 Å². The molecular weight excluding hydrogens is 151 g/mol. The largest absolute Gasteiger partial charge is 0.325 e. The summed E-state index contributed by atoms with van der Waals surface area (Å²) in [5, 5.41) is 0. The summed E-state index contributed by atoms with van der Waals surface area (Å²) in [6.45, 7) is 1.66. The van der Waals surface area contributed by atoms with Crippen LogP contribution in [0.3, 0.4) is 0 Å². The fourth-order valence-corrected chi connectivity index (χ4v) is 1.07. The second-order valence-electron chi connectivity index (χ2n) is 1.98. The van der Waals surface area contributed by atoms with Crippen molar-refractivity contribution in [1.82, 2.24) is 0 Å². The van der Waals surface area contributed by atoms with Gasteiger partial charge < -0.3 is 4.55 Å². The Balaban J connectivity index is 3.14. The highest BCUT2D eigenvalue weighted by atomic mass is 32.2. The number of halogens is 1. The quantitative estimate of drug-likeness (QED) is 0.634. The van der Waals surface area contributed by atoms with E-state index in [0.29, 0.717) is 17.6 Å². The topological polar surface area (TPSA) is 20.2 Å². The van der Waals surface area contributed by atoms with Crippen LogP contribution < -0.4 is 0 Å². The molecule has 0 spiro atoms. The standard InChI is InChI=1S/C7H7FOS/c1-5-3-2-4-6(10-9)7(5)8/h2-4,9H,1H3. The Kier molecular flexibility index (Phi) is 2.29. The Morgan fingerprint density at radius 3 is 2.70 bits per heavy atom. The lowest BCUT2D eigenvalue weighted by atomic mass is 10.2. The normalized spacial score (nSPS) is 9.90. The minimum atomic E-state index is -0.338. The molecule has 10 heavy (non-hydrogen) atoms. The predicted molar refractivity (Wildman–Crippen MR) is 39.6 cm³/mol. The highest BCUT2D eigenvalue weighted by molar-refractivity contribution is 7.93. The van der Waals surface area contributed by atoms with Gasteiger partial charge in [0.2, 0.25) is 0 Å². The minimum Gasteiger partial charge on any atom is -0.325 e. The lowest BCUT2D eigenvalue weighted by molar-refractivity contribution is 0.583. The van der Waals surface area contributed by atoms with Crippen molar-refractivity contribution < 1.29 is 8.94 Å². The summed E-state index contributed by atoms with van der Waals surface area (Å²) in [5.41, 5.74) is 0.555. The third-order valence-electron chi connectivity index (χ3n) is 1.25. The van der Waals surface area contributed by atoms with Gasteiger partial charge in [0.25, 0.3) is 0 Å². The predicted octanol–water partition coefficient (Wildman–Crippen LogP) is 2.70. The average molecular weight is 158 g/mol. The van der Waals surface area contributed by atoms with Gasteiger partial charge >= 0.3 is 0 Å². The van der Waals surface area contributed by atoms with Crippen LogP contribution in [0.5, 0.6) is 0 Å². The van der Waals surface area contributed by atoms with Gasteiger partial charge in [0.05, 0.1) is 4.90 Å². The summed E-state index contributed by atoms with van der Waals surface area (Å²) in [6, 6.07) is 4.90. The molecule has 1 rings (SSSR count). The fraction of sp³-hybridized carbons (Fsp3) is 0.143. The molecule has 0 radical (unpaired) electrons. The Bertz CT molecular complexity index is 237. The van der Waals surface area contributed by atoms with Gasteiger partial charge in [-0.2, -0.15) is 0 Å². The lowest BCUT2D eigenvalue weighted by Gasteiger charge is -1.98. The summed E-state index contributed by atoms with van der Waals surface area (Å²) in [4.78, 5) is 0.278. The van der Waals surface area contributed by atoms with Gasteiger partial charge in [0, 0.05) is 12.0 Å². The van der Waals surface area contributed by atoms with E-state index < -0.39 is 0 Å². The van der Waals surface area contributed by atoms with Crippen molar-refractivity contribution in [1.29, 1.82) is 0 Å². The van der Waals surface area contributed by atoms with Crippen LogP contribution in [-0.4, -0.2) is 4.55 Å². The molecule has 1 nitrogen and oxygen atoms in total. The van der Waals surface area contributed by atoms with Crippen molar-refractivity contribution in [3.63, 3.8) is 0 Å². The van der Waals surface area contributed by atoms with Crippen LogP contribution in [0.2, 0.25) is 0 Å². The maximum Gasteiger partial charge on any atom is 0.141 e. The number of aryl methyl sites for hydroxylation is 1. The second-order valence-corrected chi connectivity index (χ2v) is 2.60. The first-order valence-corrected chi connectivity index (χ1v) is 3.59. The van der Waals surface area contributed by atoms with E-state index in [2.05, 4.69) is 0 Å². The van der Waals surface area contributed by atoms with Gasteiger partial charge in [-0.05, 0) is 18.6 Å². The van der Waals surface area contributed by atoms with E-state index in [1.165, 1.54) is 6.07 Å².